The number of rotatable bonds is 4. The van der Waals surface area contributed by atoms with Crippen molar-refractivity contribution in [1.29, 1.82) is 0 Å². The molecule has 0 amide bonds. The van der Waals surface area contributed by atoms with Crippen molar-refractivity contribution < 1.29 is 9.57 Å². The summed E-state index contributed by atoms with van der Waals surface area (Å²) in [5.41, 5.74) is 9.82. The lowest BCUT2D eigenvalue weighted by molar-refractivity contribution is -0.251. The Labute approximate surface area is 187 Å². The Morgan fingerprint density at radius 2 is 1.90 bits per heavy atom. The van der Waals surface area contributed by atoms with Crippen molar-refractivity contribution in [3.63, 3.8) is 0 Å². The van der Waals surface area contributed by atoms with Crippen LogP contribution in [0.4, 0.5) is 0 Å². The molecule has 3 aliphatic carbocycles. The lowest BCUT2D eigenvalue weighted by atomic mass is 9.66. The third kappa shape index (κ3) is 3.48. The number of fused-ring (bicyclic) bond motifs is 3. The summed E-state index contributed by atoms with van der Waals surface area (Å²) >= 11 is 0. The first kappa shape index (κ1) is 21.3. The van der Waals surface area contributed by atoms with Crippen molar-refractivity contribution in [1.82, 2.24) is 5.06 Å². The third-order valence-corrected chi connectivity index (χ3v) is 8.46. The lowest BCUT2D eigenvalue weighted by Crippen LogP contribution is -2.48. The number of ether oxygens (including phenoxy) is 1. The van der Waals surface area contributed by atoms with Crippen LogP contribution in [0.25, 0.3) is 0 Å². The first-order valence-electron chi connectivity index (χ1n) is 12.5. The SMILES string of the molecule is COC1CCC2(CC1)Cc1ccc(CC3CCCCC3)cc1C21N=C(N)N(C(C)C)O1. The molecule has 1 atom stereocenters. The number of nitrogens with zero attached hydrogens (tertiary/aromatic N) is 2. The number of nitrogens with two attached hydrogens (primary N) is 1. The number of aliphatic imine (C=N–C) groups is 1. The van der Waals surface area contributed by atoms with Crippen molar-refractivity contribution in [2.24, 2.45) is 22.1 Å². The average Bonchev–Trinajstić information content (AvgIpc) is 3.26. The molecule has 0 saturated heterocycles. The fourth-order valence-electron chi connectivity index (χ4n) is 6.72. The monoisotopic (exact) mass is 425 g/mol. The number of hydrogen-bond acceptors (Lipinski definition) is 5. The molecule has 5 heteroatoms. The predicted molar refractivity (Wildman–Crippen MR) is 123 cm³/mol. The van der Waals surface area contributed by atoms with Crippen molar-refractivity contribution in [2.75, 3.05) is 7.11 Å². The van der Waals surface area contributed by atoms with Gasteiger partial charge in [-0.3, -0.25) is 0 Å². The second kappa shape index (κ2) is 8.08. The summed E-state index contributed by atoms with van der Waals surface area (Å²) in [5, 5.41) is 1.84. The fourth-order valence-corrected chi connectivity index (χ4v) is 6.72. The van der Waals surface area contributed by atoms with Crippen LogP contribution in [0.1, 0.15) is 88.3 Å². The second-order valence-electron chi connectivity index (χ2n) is 10.7. The van der Waals surface area contributed by atoms with Crippen molar-refractivity contribution in [2.45, 2.75) is 102 Å². The summed E-state index contributed by atoms with van der Waals surface area (Å²) in [5.74, 6) is 1.34. The van der Waals surface area contributed by atoms with Crippen LogP contribution in [-0.4, -0.2) is 30.3 Å². The molecule has 0 radical (unpaired) electrons. The van der Waals surface area contributed by atoms with Crippen LogP contribution in [0.2, 0.25) is 0 Å². The largest absolute Gasteiger partial charge is 0.381 e. The lowest BCUT2D eigenvalue weighted by Gasteiger charge is -2.45. The zero-order valence-corrected chi connectivity index (χ0v) is 19.5. The molecule has 5 rings (SSSR count). The van der Waals surface area contributed by atoms with Gasteiger partial charge in [0.25, 0.3) is 0 Å². The van der Waals surface area contributed by atoms with Gasteiger partial charge in [-0.2, -0.15) is 0 Å². The van der Waals surface area contributed by atoms with Gasteiger partial charge in [0.15, 0.2) is 0 Å². The molecule has 1 unspecified atom stereocenters. The van der Waals surface area contributed by atoms with Crippen LogP contribution in [0.5, 0.6) is 0 Å². The molecule has 2 spiro atoms. The van der Waals surface area contributed by atoms with E-state index in [0.29, 0.717) is 12.1 Å². The van der Waals surface area contributed by atoms with Crippen molar-refractivity contribution in [3.05, 3.63) is 34.9 Å². The van der Waals surface area contributed by atoms with Crippen LogP contribution in [0.15, 0.2) is 23.2 Å². The zero-order chi connectivity index (χ0) is 21.6. The van der Waals surface area contributed by atoms with Gasteiger partial charge in [-0.25, -0.2) is 14.9 Å². The van der Waals surface area contributed by atoms with E-state index in [1.165, 1.54) is 55.2 Å². The topological polar surface area (TPSA) is 60.1 Å². The van der Waals surface area contributed by atoms with Crippen LogP contribution >= 0.6 is 0 Å². The van der Waals surface area contributed by atoms with Gasteiger partial charge in [-0.05, 0) is 69.4 Å². The van der Waals surface area contributed by atoms with Gasteiger partial charge < -0.3 is 10.5 Å². The maximum Gasteiger partial charge on any atom is 0.220 e. The molecule has 4 aliphatic rings. The average molecular weight is 426 g/mol. The van der Waals surface area contributed by atoms with E-state index in [-0.39, 0.29) is 11.5 Å². The quantitative estimate of drug-likeness (QED) is 0.732. The zero-order valence-electron chi connectivity index (χ0n) is 19.5. The third-order valence-electron chi connectivity index (χ3n) is 8.46. The first-order valence-corrected chi connectivity index (χ1v) is 12.5. The summed E-state index contributed by atoms with van der Waals surface area (Å²) in [6.07, 6.45) is 13.7. The Morgan fingerprint density at radius 1 is 1.16 bits per heavy atom. The highest BCUT2D eigenvalue weighted by Gasteiger charge is 2.63. The molecule has 2 saturated carbocycles. The van der Waals surface area contributed by atoms with E-state index in [9.17, 15) is 0 Å². The molecule has 1 aliphatic heterocycles. The smallest absolute Gasteiger partial charge is 0.220 e. The van der Waals surface area contributed by atoms with E-state index in [4.69, 9.17) is 20.3 Å². The Bertz CT molecular complexity index is 837. The molecule has 2 fully saturated rings. The summed E-state index contributed by atoms with van der Waals surface area (Å²) in [6.45, 7) is 4.23. The Balaban J connectivity index is 1.52. The molecule has 0 bridgehead atoms. The van der Waals surface area contributed by atoms with E-state index >= 15 is 0 Å². The summed E-state index contributed by atoms with van der Waals surface area (Å²) < 4.78 is 5.69. The van der Waals surface area contributed by atoms with Gasteiger partial charge in [0.2, 0.25) is 11.7 Å². The van der Waals surface area contributed by atoms with Crippen LogP contribution < -0.4 is 5.73 Å². The van der Waals surface area contributed by atoms with Gasteiger partial charge in [0, 0.05) is 18.1 Å². The first-order chi connectivity index (χ1) is 15.0. The molecular formula is C26H39N3O2. The summed E-state index contributed by atoms with van der Waals surface area (Å²) in [6, 6.07) is 7.30. The molecule has 1 heterocycles. The Morgan fingerprint density at radius 3 is 2.55 bits per heavy atom. The van der Waals surface area contributed by atoms with Crippen LogP contribution in [0.3, 0.4) is 0 Å². The summed E-state index contributed by atoms with van der Waals surface area (Å²) in [7, 11) is 1.84. The standard InChI is InChI=1S/C26H39N3O2/c1-18(2)29-24(27)28-26(31-29)23-16-20(15-19-7-5-4-6-8-19)9-10-21(23)17-25(26)13-11-22(30-3)12-14-25/h9-10,16,18-19,22H,4-8,11-15,17H2,1-3H3,(H2,27,28). The Hall–Kier alpha value is -1.59. The molecule has 1 aromatic rings. The van der Waals surface area contributed by atoms with Gasteiger partial charge in [-0.1, -0.05) is 50.3 Å². The number of hydroxylamine groups is 2. The van der Waals surface area contributed by atoms with Gasteiger partial charge in [0.1, 0.15) is 0 Å². The highest BCUT2D eigenvalue weighted by atomic mass is 16.7. The molecule has 170 valence electrons. The van der Waals surface area contributed by atoms with E-state index in [1.807, 2.05) is 12.2 Å². The number of benzene rings is 1. The minimum absolute atomic E-state index is 0.0396. The molecule has 5 nitrogen and oxygen atoms in total. The summed E-state index contributed by atoms with van der Waals surface area (Å²) in [4.78, 5) is 11.9. The molecular weight excluding hydrogens is 386 g/mol. The maximum atomic E-state index is 6.78. The molecule has 1 aromatic carbocycles. The van der Waals surface area contributed by atoms with Gasteiger partial charge in [-0.15, -0.1) is 0 Å². The second-order valence-corrected chi connectivity index (χ2v) is 10.7. The Kier molecular flexibility index (Phi) is 5.54. The van der Waals surface area contributed by atoms with Crippen molar-refractivity contribution in [3.8, 4) is 0 Å². The number of methoxy groups -OCH3 is 1. The van der Waals surface area contributed by atoms with E-state index in [0.717, 1.165) is 38.0 Å². The van der Waals surface area contributed by atoms with Gasteiger partial charge in [0.05, 0.1) is 12.1 Å². The molecule has 0 aromatic heterocycles. The number of guanidine groups is 1. The fraction of sp³-hybridized carbons (Fsp3) is 0.731. The van der Waals surface area contributed by atoms with Crippen LogP contribution in [0, 0.1) is 11.3 Å². The van der Waals surface area contributed by atoms with Crippen molar-refractivity contribution >= 4 is 5.96 Å². The van der Waals surface area contributed by atoms with E-state index in [2.05, 4.69) is 32.0 Å². The normalized spacial score (nSPS) is 33.5. The predicted octanol–water partition coefficient (Wildman–Crippen LogP) is 5.06. The minimum atomic E-state index is -0.683. The highest BCUT2D eigenvalue weighted by molar-refractivity contribution is 5.79. The van der Waals surface area contributed by atoms with E-state index in [1.54, 1.807) is 0 Å². The highest BCUT2D eigenvalue weighted by Crippen LogP contribution is 2.62. The number of hydrogen-bond donors (Lipinski definition) is 1. The maximum absolute atomic E-state index is 6.78. The van der Waals surface area contributed by atoms with Crippen LogP contribution in [-0.2, 0) is 28.1 Å². The van der Waals surface area contributed by atoms with E-state index < -0.39 is 5.72 Å². The molecule has 2 N–H and O–H groups in total. The minimum Gasteiger partial charge on any atom is -0.381 e. The molecule has 31 heavy (non-hydrogen) atoms. The van der Waals surface area contributed by atoms with Gasteiger partial charge >= 0.3 is 0 Å².